The van der Waals surface area contributed by atoms with E-state index in [9.17, 15) is 4.79 Å². The molecule has 0 aliphatic carbocycles. The lowest BCUT2D eigenvalue weighted by molar-refractivity contribution is -0.115. The molecule has 0 radical (unpaired) electrons. The van der Waals surface area contributed by atoms with E-state index in [0.29, 0.717) is 25.3 Å². The van der Waals surface area contributed by atoms with Gasteiger partial charge in [-0.3, -0.25) is 4.79 Å². The zero-order chi connectivity index (χ0) is 16.7. The van der Waals surface area contributed by atoms with Crippen LogP contribution in [-0.2, 0) is 16.0 Å². The molecule has 0 fully saturated rings. The number of methoxy groups -OCH3 is 1. The van der Waals surface area contributed by atoms with Gasteiger partial charge in [0.25, 0.3) is 0 Å². The second-order valence-corrected chi connectivity index (χ2v) is 5.28. The topological polar surface area (TPSA) is 73.6 Å². The van der Waals surface area contributed by atoms with Crippen LogP contribution in [0.5, 0.6) is 5.75 Å². The second-order valence-electron chi connectivity index (χ2n) is 5.28. The number of anilines is 2. The Kier molecular flexibility index (Phi) is 8.09. The van der Waals surface area contributed by atoms with E-state index in [1.54, 1.807) is 19.2 Å². The lowest BCUT2D eigenvalue weighted by atomic mass is 10.1. The highest BCUT2D eigenvalue weighted by molar-refractivity contribution is 5.93. The van der Waals surface area contributed by atoms with Gasteiger partial charge in [0.05, 0.1) is 13.0 Å². The van der Waals surface area contributed by atoms with Crippen molar-refractivity contribution in [3.63, 3.8) is 0 Å². The quantitative estimate of drug-likeness (QED) is 0.594. The molecule has 24 heavy (non-hydrogen) atoms. The molecule has 0 aliphatic heterocycles. The predicted octanol–water partition coefficient (Wildman–Crippen LogP) is 3.21. The lowest BCUT2D eigenvalue weighted by Gasteiger charge is -2.11. The summed E-state index contributed by atoms with van der Waals surface area (Å²) in [4.78, 5) is 12.1. The van der Waals surface area contributed by atoms with Gasteiger partial charge in [-0.15, -0.1) is 12.4 Å². The first-order valence-corrected chi connectivity index (χ1v) is 7.45. The molecule has 0 saturated heterocycles. The Morgan fingerprint density at radius 2 is 1.83 bits per heavy atom. The summed E-state index contributed by atoms with van der Waals surface area (Å²) < 4.78 is 10.5. The minimum atomic E-state index is -0.0640. The van der Waals surface area contributed by atoms with Gasteiger partial charge in [0.15, 0.2) is 0 Å². The number of rotatable bonds is 7. The number of nitrogens with one attached hydrogen (secondary N) is 1. The van der Waals surface area contributed by atoms with Gasteiger partial charge in [-0.1, -0.05) is 12.1 Å². The number of carbonyl (C=O) groups is 1. The third kappa shape index (κ3) is 6.10. The van der Waals surface area contributed by atoms with Crippen molar-refractivity contribution in [1.29, 1.82) is 0 Å². The highest BCUT2D eigenvalue weighted by atomic mass is 35.5. The number of amides is 1. The van der Waals surface area contributed by atoms with E-state index < -0.39 is 0 Å². The van der Waals surface area contributed by atoms with Crippen LogP contribution in [0.15, 0.2) is 42.5 Å². The van der Waals surface area contributed by atoms with Gasteiger partial charge in [-0.05, 0) is 48.4 Å². The molecule has 2 aromatic rings. The first-order valence-electron chi connectivity index (χ1n) is 7.45. The van der Waals surface area contributed by atoms with Crippen LogP contribution in [-0.4, -0.2) is 26.2 Å². The summed E-state index contributed by atoms with van der Waals surface area (Å²) in [5.74, 6) is 0.696. The second kappa shape index (κ2) is 9.80. The first-order chi connectivity index (χ1) is 11.1. The Morgan fingerprint density at radius 1 is 1.12 bits per heavy atom. The van der Waals surface area contributed by atoms with Crippen molar-refractivity contribution in [3.8, 4) is 5.75 Å². The Balaban J connectivity index is 0.00000288. The molecule has 0 spiro atoms. The summed E-state index contributed by atoms with van der Waals surface area (Å²) in [6, 6.07) is 12.9. The van der Waals surface area contributed by atoms with Crippen molar-refractivity contribution < 1.29 is 14.3 Å². The van der Waals surface area contributed by atoms with Crippen molar-refractivity contribution in [3.05, 3.63) is 53.6 Å². The van der Waals surface area contributed by atoms with Crippen LogP contribution in [0.3, 0.4) is 0 Å². The molecule has 130 valence electrons. The third-order valence-electron chi connectivity index (χ3n) is 3.37. The highest BCUT2D eigenvalue weighted by Gasteiger charge is 2.07. The molecule has 2 rings (SSSR count). The van der Waals surface area contributed by atoms with Crippen molar-refractivity contribution in [2.75, 3.05) is 31.4 Å². The number of carbonyl (C=O) groups excluding carboxylic acids is 1. The Bertz CT molecular complexity index is 660. The van der Waals surface area contributed by atoms with Gasteiger partial charge >= 0.3 is 0 Å². The molecule has 3 N–H and O–H groups in total. The standard InChI is InChI=1S/C18H22N2O3.ClH/c1-13-11-16(23-10-9-22-2)7-8-17(13)20-18(21)12-14-3-5-15(19)6-4-14;/h3-8,11H,9-10,12,19H2,1-2H3,(H,20,21);1H. The maximum absolute atomic E-state index is 12.1. The van der Waals surface area contributed by atoms with Gasteiger partial charge in [0.1, 0.15) is 12.4 Å². The summed E-state index contributed by atoms with van der Waals surface area (Å²) in [6.45, 7) is 2.97. The van der Waals surface area contributed by atoms with Gasteiger partial charge in [0.2, 0.25) is 5.91 Å². The van der Waals surface area contributed by atoms with Crippen LogP contribution in [0.1, 0.15) is 11.1 Å². The maximum Gasteiger partial charge on any atom is 0.228 e. The average Bonchev–Trinajstić information content (AvgIpc) is 2.52. The van der Waals surface area contributed by atoms with E-state index >= 15 is 0 Å². The van der Waals surface area contributed by atoms with Gasteiger partial charge in [-0.2, -0.15) is 0 Å². The van der Waals surface area contributed by atoms with Crippen molar-refractivity contribution >= 4 is 29.7 Å². The van der Waals surface area contributed by atoms with E-state index in [2.05, 4.69) is 5.32 Å². The van der Waals surface area contributed by atoms with E-state index in [4.69, 9.17) is 15.2 Å². The zero-order valence-corrected chi connectivity index (χ0v) is 14.7. The molecule has 0 heterocycles. The number of aryl methyl sites for hydroxylation is 1. The zero-order valence-electron chi connectivity index (χ0n) is 13.9. The summed E-state index contributed by atoms with van der Waals surface area (Å²) in [6.07, 6.45) is 0.311. The van der Waals surface area contributed by atoms with Crippen LogP contribution in [0.25, 0.3) is 0 Å². The van der Waals surface area contributed by atoms with Gasteiger partial charge < -0.3 is 20.5 Å². The minimum Gasteiger partial charge on any atom is -0.491 e. The first kappa shape index (κ1) is 19.8. The largest absolute Gasteiger partial charge is 0.491 e. The maximum atomic E-state index is 12.1. The average molecular weight is 351 g/mol. The number of halogens is 1. The molecule has 0 aliphatic rings. The number of ether oxygens (including phenoxy) is 2. The molecule has 0 atom stereocenters. The smallest absolute Gasteiger partial charge is 0.228 e. The van der Waals surface area contributed by atoms with Crippen molar-refractivity contribution in [2.45, 2.75) is 13.3 Å². The molecule has 5 nitrogen and oxygen atoms in total. The van der Waals surface area contributed by atoms with E-state index in [1.807, 2.05) is 37.3 Å². The molecule has 1 amide bonds. The Hall–Kier alpha value is -2.24. The van der Waals surface area contributed by atoms with Crippen molar-refractivity contribution in [2.24, 2.45) is 0 Å². The van der Waals surface area contributed by atoms with Crippen molar-refractivity contribution in [1.82, 2.24) is 0 Å². The molecule has 0 bridgehead atoms. The Labute approximate surface area is 148 Å². The third-order valence-corrected chi connectivity index (χ3v) is 3.37. The number of nitrogen functional groups attached to an aromatic ring is 1. The Morgan fingerprint density at radius 3 is 2.46 bits per heavy atom. The van der Waals surface area contributed by atoms with E-state index in [0.717, 1.165) is 22.6 Å². The fourth-order valence-electron chi connectivity index (χ4n) is 2.12. The fourth-order valence-corrected chi connectivity index (χ4v) is 2.12. The number of nitrogens with two attached hydrogens (primary N) is 1. The SMILES string of the molecule is COCCOc1ccc(NC(=O)Cc2ccc(N)cc2)c(C)c1.Cl. The van der Waals surface area contributed by atoms with Crippen LogP contribution < -0.4 is 15.8 Å². The minimum absolute atomic E-state index is 0. The number of hydrogen-bond acceptors (Lipinski definition) is 4. The molecule has 6 heteroatoms. The molecule has 0 unspecified atom stereocenters. The number of benzene rings is 2. The highest BCUT2D eigenvalue weighted by Crippen LogP contribution is 2.21. The summed E-state index contributed by atoms with van der Waals surface area (Å²) in [5.41, 5.74) is 8.98. The fraction of sp³-hybridized carbons (Fsp3) is 0.278. The van der Waals surface area contributed by atoms with Crippen LogP contribution in [0.4, 0.5) is 11.4 Å². The monoisotopic (exact) mass is 350 g/mol. The van der Waals surface area contributed by atoms with Gasteiger partial charge in [0, 0.05) is 18.5 Å². The predicted molar refractivity (Wildman–Crippen MR) is 99.0 cm³/mol. The normalized spacial score (nSPS) is 9.92. The van der Waals surface area contributed by atoms with Crippen LogP contribution in [0.2, 0.25) is 0 Å². The van der Waals surface area contributed by atoms with Crippen LogP contribution >= 0.6 is 12.4 Å². The van der Waals surface area contributed by atoms with Crippen LogP contribution in [0, 0.1) is 6.92 Å². The summed E-state index contributed by atoms with van der Waals surface area (Å²) in [5, 5.41) is 2.92. The molecule has 0 saturated carbocycles. The molecule has 0 aromatic heterocycles. The summed E-state index contributed by atoms with van der Waals surface area (Å²) >= 11 is 0. The van der Waals surface area contributed by atoms with Gasteiger partial charge in [-0.25, -0.2) is 0 Å². The molecule has 2 aromatic carbocycles. The van der Waals surface area contributed by atoms with E-state index in [1.165, 1.54) is 0 Å². The molecular formula is C18H23ClN2O3. The van der Waals surface area contributed by atoms with E-state index in [-0.39, 0.29) is 18.3 Å². The number of hydrogen-bond donors (Lipinski definition) is 2. The summed E-state index contributed by atoms with van der Waals surface area (Å²) in [7, 11) is 1.63. The lowest BCUT2D eigenvalue weighted by Crippen LogP contribution is -2.15. The molecular weight excluding hydrogens is 328 g/mol.